The highest BCUT2D eigenvalue weighted by atomic mass is 32.2. The van der Waals surface area contributed by atoms with Crippen molar-refractivity contribution in [2.45, 2.75) is 29.7 Å². The molecule has 7 aromatic rings. The molecule has 1 atom stereocenters. The predicted octanol–water partition coefficient (Wildman–Crippen LogP) is 4.37. The Hall–Kier alpha value is -5.94. The molecule has 4 amide bonds. The van der Waals surface area contributed by atoms with Crippen LogP contribution < -0.4 is 11.5 Å². The van der Waals surface area contributed by atoms with Crippen LogP contribution in [0.4, 0.5) is 0 Å². The molecule has 5 N–H and O–H groups in total. The maximum Gasteiger partial charge on any atom is 0.269 e. The molecule has 1 aliphatic rings. The van der Waals surface area contributed by atoms with Crippen molar-refractivity contribution in [1.82, 2.24) is 44.8 Å². The fraction of sp³-hybridized carbons (Fsp3) is 0.176. The van der Waals surface area contributed by atoms with Crippen LogP contribution in [0.25, 0.3) is 43.6 Å². The zero-order chi connectivity index (χ0) is 36.0. The summed E-state index contributed by atoms with van der Waals surface area (Å²) in [5.74, 6) is -1.76. The summed E-state index contributed by atoms with van der Waals surface area (Å²) < 4.78 is 1.72. The Morgan fingerprint density at radius 1 is 0.804 bits per heavy atom. The molecule has 8 rings (SSSR count). The summed E-state index contributed by atoms with van der Waals surface area (Å²) in [7, 11) is 0. The lowest BCUT2D eigenvalue weighted by Gasteiger charge is -2.19. The van der Waals surface area contributed by atoms with E-state index in [-0.39, 0.29) is 30.1 Å². The van der Waals surface area contributed by atoms with Crippen molar-refractivity contribution in [2.75, 3.05) is 19.1 Å². The molecule has 51 heavy (non-hydrogen) atoms. The van der Waals surface area contributed by atoms with Gasteiger partial charge in [-0.05, 0) is 50.1 Å². The SMILES string of the molecule is CSc1ncc2ccc3c(C(N)=O)[nH]nc3c2n1.CSc1ncc2ccc3c(C(N)=O)nn(C(C)CCN4C(=O)c5ccccc5C4=O)c3c2n1. The fourth-order valence-electron chi connectivity index (χ4n) is 6.02. The van der Waals surface area contributed by atoms with Crippen molar-refractivity contribution in [2.24, 2.45) is 11.5 Å². The van der Waals surface area contributed by atoms with Gasteiger partial charge in [-0.2, -0.15) is 10.2 Å². The van der Waals surface area contributed by atoms with E-state index in [0.717, 1.165) is 16.3 Å². The minimum Gasteiger partial charge on any atom is -0.364 e. The Balaban J connectivity index is 0.000000190. The van der Waals surface area contributed by atoms with Crippen LogP contribution in [0.2, 0.25) is 0 Å². The van der Waals surface area contributed by atoms with Crippen LogP contribution in [0.15, 0.2) is 71.2 Å². The Morgan fingerprint density at radius 3 is 1.98 bits per heavy atom. The van der Waals surface area contributed by atoms with Gasteiger partial charge in [-0.15, -0.1) is 0 Å². The largest absolute Gasteiger partial charge is 0.364 e. The van der Waals surface area contributed by atoms with Gasteiger partial charge in [0.05, 0.1) is 22.7 Å². The summed E-state index contributed by atoms with van der Waals surface area (Å²) in [6, 6.07) is 13.8. The monoisotopic (exact) mass is 719 g/mol. The average molecular weight is 720 g/mol. The molecule has 0 aliphatic carbocycles. The molecule has 0 bridgehead atoms. The van der Waals surface area contributed by atoms with Gasteiger partial charge in [0.25, 0.3) is 23.6 Å². The van der Waals surface area contributed by atoms with Crippen molar-refractivity contribution in [3.8, 4) is 0 Å². The zero-order valence-corrected chi connectivity index (χ0v) is 29.1. The summed E-state index contributed by atoms with van der Waals surface area (Å²) in [4.78, 5) is 67.6. The Bertz CT molecular complexity index is 2530. The second-order valence-corrected chi connectivity index (χ2v) is 13.1. The molecule has 3 aromatic carbocycles. The number of nitrogens with one attached hydrogen (secondary N) is 1. The van der Waals surface area contributed by atoms with Gasteiger partial charge in [-0.3, -0.25) is 33.9 Å². The maximum atomic E-state index is 12.7. The number of benzene rings is 3. The number of aromatic nitrogens is 8. The number of nitrogens with zero attached hydrogens (tertiary/aromatic N) is 8. The van der Waals surface area contributed by atoms with E-state index in [1.54, 1.807) is 53.5 Å². The number of H-pyrrole nitrogens is 1. The molecule has 0 radical (unpaired) electrons. The zero-order valence-electron chi connectivity index (χ0n) is 27.4. The molecular formula is C34H29N11O4S2. The number of hydrogen-bond donors (Lipinski definition) is 3. The van der Waals surface area contributed by atoms with E-state index >= 15 is 0 Å². The van der Waals surface area contributed by atoms with Gasteiger partial charge in [0.2, 0.25) is 0 Å². The van der Waals surface area contributed by atoms with E-state index in [4.69, 9.17) is 11.5 Å². The van der Waals surface area contributed by atoms with Crippen LogP contribution in [-0.4, -0.2) is 87.5 Å². The topological polar surface area (TPSA) is 222 Å². The number of hydrogen-bond acceptors (Lipinski definition) is 12. The number of carbonyl (C=O) groups excluding carboxylic acids is 4. The van der Waals surface area contributed by atoms with Crippen LogP contribution >= 0.6 is 23.5 Å². The van der Waals surface area contributed by atoms with Gasteiger partial charge in [0, 0.05) is 40.5 Å². The number of primary amides is 2. The van der Waals surface area contributed by atoms with Crippen molar-refractivity contribution >= 4 is 90.8 Å². The average Bonchev–Trinajstić information content (AvgIpc) is 3.83. The first-order valence-corrected chi connectivity index (χ1v) is 18.0. The van der Waals surface area contributed by atoms with E-state index in [9.17, 15) is 19.2 Å². The summed E-state index contributed by atoms with van der Waals surface area (Å²) in [5, 5.41) is 15.5. The molecule has 4 aromatic heterocycles. The predicted molar refractivity (Wildman–Crippen MR) is 194 cm³/mol. The Labute approximate surface area is 297 Å². The van der Waals surface area contributed by atoms with Crippen LogP contribution in [0.5, 0.6) is 0 Å². The highest BCUT2D eigenvalue weighted by molar-refractivity contribution is 7.98. The molecule has 15 nitrogen and oxygen atoms in total. The van der Waals surface area contributed by atoms with Gasteiger partial charge in [0.1, 0.15) is 22.2 Å². The van der Waals surface area contributed by atoms with E-state index in [0.29, 0.717) is 60.9 Å². The van der Waals surface area contributed by atoms with Crippen LogP contribution in [0, 0.1) is 0 Å². The normalized spacial score (nSPS) is 13.2. The lowest BCUT2D eigenvalue weighted by molar-refractivity contribution is 0.0646. The first-order valence-electron chi connectivity index (χ1n) is 15.6. The third kappa shape index (κ3) is 5.89. The molecule has 0 fully saturated rings. The first kappa shape index (κ1) is 33.6. The van der Waals surface area contributed by atoms with E-state index < -0.39 is 11.8 Å². The number of rotatable bonds is 8. The third-order valence-corrected chi connectivity index (χ3v) is 9.68. The first-order chi connectivity index (χ1) is 24.6. The van der Waals surface area contributed by atoms with Gasteiger partial charge in [0.15, 0.2) is 16.0 Å². The molecule has 17 heteroatoms. The van der Waals surface area contributed by atoms with Crippen molar-refractivity contribution in [1.29, 1.82) is 0 Å². The smallest absolute Gasteiger partial charge is 0.269 e. The van der Waals surface area contributed by atoms with Gasteiger partial charge in [-0.1, -0.05) is 47.8 Å². The molecule has 256 valence electrons. The lowest BCUT2D eigenvalue weighted by atomic mass is 10.1. The molecule has 0 saturated carbocycles. The van der Waals surface area contributed by atoms with Gasteiger partial charge < -0.3 is 11.5 Å². The Kier molecular flexibility index (Phi) is 8.82. The number of carbonyl (C=O) groups is 4. The van der Waals surface area contributed by atoms with E-state index in [1.165, 1.54) is 28.4 Å². The third-order valence-electron chi connectivity index (χ3n) is 8.56. The lowest BCUT2D eigenvalue weighted by Crippen LogP contribution is -2.32. The summed E-state index contributed by atoms with van der Waals surface area (Å²) in [6.45, 7) is 2.14. The number of amides is 4. The molecule has 0 spiro atoms. The van der Waals surface area contributed by atoms with Crippen molar-refractivity contribution in [3.63, 3.8) is 0 Å². The summed E-state index contributed by atoms with van der Waals surface area (Å²) in [6.07, 6.45) is 7.71. The van der Waals surface area contributed by atoms with Crippen LogP contribution in [0.1, 0.15) is 61.1 Å². The standard InChI is InChI=1S/C23H20N6O3S.C11H9N5OS/c1-12(9-10-28-21(31)14-5-3-4-6-15(14)22(28)32)29-19-16(18(27-29)20(24)30)8-7-13-11-25-23(33-2)26-17(13)19;1-18-11-13-4-5-2-3-6-8(7(5)14-11)15-16-9(6)10(12)17/h3-8,11-12H,9-10H2,1-2H3,(H2,24,30);2-4H,1H3,(H2,12,17)(H,15,16). The summed E-state index contributed by atoms with van der Waals surface area (Å²) >= 11 is 2.87. The second kappa shape index (κ2) is 13.4. The number of nitrogens with two attached hydrogens (primary N) is 2. The Morgan fingerprint density at radius 2 is 1.39 bits per heavy atom. The molecule has 0 saturated heterocycles. The van der Waals surface area contributed by atoms with Gasteiger partial charge in [-0.25, -0.2) is 19.9 Å². The number of thioether (sulfide) groups is 2. The molecular weight excluding hydrogens is 691 g/mol. The quantitative estimate of drug-likeness (QED) is 0.113. The fourth-order valence-corrected chi connectivity index (χ4v) is 6.70. The van der Waals surface area contributed by atoms with Crippen LogP contribution in [-0.2, 0) is 0 Å². The van der Waals surface area contributed by atoms with E-state index in [2.05, 4.69) is 35.2 Å². The summed E-state index contributed by atoms with van der Waals surface area (Å²) in [5.41, 5.74) is 14.9. The minimum absolute atomic E-state index is 0.156. The molecule has 1 unspecified atom stereocenters. The number of fused-ring (bicyclic) bond motifs is 7. The minimum atomic E-state index is -0.634. The second-order valence-electron chi connectivity index (χ2n) is 11.6. The highest BCUT2D eigenvalue weighted by Gasteiger charge is 2.35. The van der Waals surface area contributed by atoms with E-state index in [1.807, 2.05) is 31.6 Å². The van der Waals surface area contributed by atoms with Crippen molar-refractivity contribution < 1.29 is 19.2 Å². The van der Waals surface area contributed by atoms with Crippen LogP contribution in [0.3, 0.4) is 0 Å². The van der Waals surface area contributed by atoms with Crippen molar-refractivity contribution in [3.05, 3.63) is 83.4 Å². The highest BCUT2D eigenvalue weighted by Crippen LogP contribution is 2.31. The molecule has 5 heterocycles. The van der Waals surface area contributed by atoms with Gasteiger partial charge >= 0.3 is 0 Å². The number of aromatic amines is 1. The number of imide groups is 1. The maximum absolute atomic E-state index is 12.7. The molecule has 1 aliphatic heterocycles.